The van der Waals surface area contributed by atoms with Crippen molar-refractivity contribution >= 4 is 35.2 Å². The zero-order chi connectivity index (χ0) is 25.1. The maximum Gasteiger partial charge on any atom is 0.251 e. The van der Waals surface area contributed by atoms with Gasteiger partial charge in [-0.15, -0.1) is 11.8 Å². The summed E-state index contributed by atoms with van der Waals surface area (Å²) in [6.45, 7) is 2.64. The summed E-state index contributed by atoms with van der Waals surface area (Å²) in [5.74, 6) is 0.510. The fourth-order valence-electron chi connectivity index (χ4n) is 5.12. The van der Waals surface area contributed by atoms with Gasteiger partial charge in [0.15, 0.2) is 0 Å². The molecule has 0 aromatic heterocycles. The number of carbonyl (C=O) groups is 2. The van der Waals surface area contributed by atoms with Crippen molar-refractivity contribution in [2.75, 3.05) is 5.75 Å². The lowest BCUT2D eigenvalue weighted by Crippen LogP contribution is -2.29. The van der Waals surface area contributed by atoms with Crippen LogP contribution in [0.1, 0.15) is 75.8 Å². The Labute approximate surface area is 222 Å². The highest BCUT2D eigenvalue weighted by atomic mass is 35.5. The fraction of sp³-hybridized carbons (Fsp3) is 0.333. The first-order valence-corrected chi connectivity index (χ1v) is 14.1. The number of rotatable bonds is 7. The number of thioether (sulfide) groups is 1. The molecule has 0 spiro atoms. The van der Waals surface area contributed by atoms with Gasteiger partial charge in [-0.25, -0.2) is 0 Å². The Balaban J connectivity index is 1.27. The van der Waals surface area contributed by atoms with Crippen LogP contribution in [0.5, 0.6) is 0 Å². The molecule has 1 aliphatic carbocycles. The molecular formula is C30H31ClN2O2S. The first-order valence-electron chi connectivity index (χ1n) is 12.7. The average Bonchev–Trinajstić information content (AvgIpc) is 3.28. The van der Waals surface area contributed by atoms with Crippen molar-refractivity contribution < 1.29 is 9.59 Å². The van der Waals surface area contributed by atoms with E-state index in [-0.39, 0.29) is 23.2 Å². The van der Waals surface area contributed by atoms with Crippen LogP contribution in [0.2, 0.25) is 5.02 Å². The van der Waals surface area contributed by atoms with E-state index in [4.69, 9.17) is 11.6 Å². The van der Waals surface area contributed by atoms with Gasteiger partial charge < -0.3 is 10.2 Å². The lowest BCUT2D eigenvalue weighted by Gasteiger charge is -2.25. The number of nitrogens with one attached hydrogen (secondary N) is 1. The second-order valence-corrected chi connectivity index (χ2v) is 11.1. The van der Waals surface area contributed by atoms with Crippen molar-refractivity contribution in [1.82, 2.24) is 10.2 Å². The van der Waals surface area contributed by atoms with Crippen LogP contribution in [-0.2, 0) is 24.2 Å². The van der Waals surface area contributed by atoms with Gasteiger partial charge in [-0.1, -0.05) is 61.0 Å². The Hall–Kier alpha value is -2.76. The summed E-state index contributed by atoms with van der Waals surface area (Å²) in [7, 11) is 0. The van der Waals surface area contributed by atoms with Gasteiger partial charge >= 0.3 is 0 Å². The van der Waals surface area contributed by atoms with Gasteiger partial charge in [-0.05, 0) is 84.2 Å². The van der Waals surface area contributed by atoms with Crippen LogP contribution in [0.15, 0.2) is 66.7 Å². The predicted molar refractivity (Wildman–Crippen MR) is 147 cm³/mol. The van der Waals surface area contributed by atoms with Crippen molar-refractivity contribution in [2.24, 2.45) is 0 Å². The minimum absolute atomic E-state index is 0.0118. The molecule has 0 bridgehead atoms. The number of hydrogen-bond donors (Lipinski definition) is 1. The van der Waals surface area contributed by atoms with Crippen molar-refractivity contribution in [1.29, 1.82) is 0 Å². The smallest absolute Gasteiger partial charge is 0.251 e. The van der Waals surface area contributed by atoms with E-state index in [9.17, 15) is 9.59 Å². The van der Waals surface area contributed by atoms with Crippen LogP contribution in [0, 0.1) is 0 Å². The maximum atomic E-state index is 13.1. The Bertz CT molecular complexity index is 1240. The van der Waals surface area contributed by atoms with E-state index in [1.54, 1.807) is 11.8 Å². The summed E-state index contributed by atoms with van der Waals surface area (Å²) in [5.41, 5.74) is 6.77. The number of fused-ring (bicyclic) bond motifs is 1. The van der Waals surface area contributed by atoms with Gasteiger partial charge in [-0.3, -0.25) is 9.59 Å². The Morgan fingerprint density at radius 2 is 1.75 bits per heavy atom. The van der Waals surface area contributed by atoms with E-state index in [1.807, 2.05) is 53.4 Å². The summed E-state index contributed by atoms with van der Waals surface area (Å²) < 4.78 is 0. The second-order valence-electron chi connectivity index (χ2n) is 9.60. The number of halogens is 1. The molecule has 3 aromatic carbocycles. The minimum atomic E-state index is -0.0701. The molecule has 2 amide bonds. The standard InChI is InChI=1S/C30H31ClN2O2S/c1-2-27(25-14-9-21-5-3-4-6-24(21)17-25)32-29(35)22-10-12-23(13-11-22)30-33(28(34)19-36-30)18-20-7-15-26(31)16-8-20/h7-17,27,30H,2-6,18-19H2,1H3,(H,32,35)/t27-,30+/m0/s1. The average molecular weight is 519 g/mol. The molecule has 2 aliphatic rings. The van der Waals surface area contributed by atoms with Gasteiger partial charge in [0, 0.05) is 17.1 Å². The largest absolute Gasteiger partial charge is 0.345 e. The summed E-state index contributed by atoms with van der Waals surface area (Å²) >= 11 is 7.63. The molecule has 36 heavy (non-hydrogen) atoms. The monoisotopic (exact) mass is 518 g/mol. The third-order valence-corrected chi connectivity index (χ3v) is 8.69. The molecule has 1 N–H and O–H groups in total. The number of aryl methyl sites for hydroxylation is 2. The highest BCUT2D eigenvalue weighted by molar-refractivity contribution is 8.00. The summed E-state index contributed by atoms with van der Waals surface area (Å²) in [6.07, 6.45) is 5.64. The van der Waals surface area contributed by atoms with E-state index in [0.717, 1.165) is 30.4 Å². The van der Waals surface area contributed by atoms with E-state index in [0.29, 0.717) is 22.9 Å². The highest BCUT2D eigenvalue weighted by Gasteiger charge is 2.32. The van der Waals surface area contributed by atoms with E-state index >= 15 is 0 Å². The molecule has 1 saturated heterocycles. The van der Waals surface area contributed by atoms with Crippen molar-refractivity contribution in [3.05, 3.63) is 105 Å². The third kappa shape index (κ3) is 5.47. The van der Waals surface area contributed by atoms with Gasteiger partial charge in [0.1, 0.15) is 5.37 Å². The van der Waals surface area contributed by atoms with Crippen molar-refractivity contribution in [3.63, 3.8) is 0 Å². The summed E-state index contributed by atoms with van der Waals surface area (Å²) in [4.78, 5) is 27.6. The molecule has 1 heterocycles. The van der Waals surface area contributed by atoms with Crippen LogP contribution in [0.3, 0.4) is 0 Å². The molecule has 0 saturated carbocycles. The Morgan fingerprint density at radius 3 is 2.47 bits per heavy atom. The van der Waals surface area contributed by atoms with Crippen LogP contribution in [0.4, 0.5) is 0 Å². The van der Waals surface area contributed by atoms with Crippen molar-refractivity contribution in [2.45, 2.75) is 57.0 Å². The molecule has 4 nitrogen and oxygen atoms in total. The second kappa shape index (κ2) is 11.1. The first kappa shape index (κ1) is 24.9. The van der Waals surface area contributed by atoms with Crippen LogP contribution < -0.4 is 5.32 Å². The highest BCUT2D eigenvalue weighted by Crippen LogP contribution is 2.39. The van der Waals surface area contributed by atoms with Gasteiger partial charge in [0.05, 0.1) is 11.8 Å². The number of amides is 2. The predicted octanol–water partition coefficient (Wildman–Crippen LogP) is 6.87. The molecule has 3 aromatic rings. The van der Waals surface area contributed by atoms with E-state index in [2.05, 4.69) is 30.4 Å². The van der Waals surface area contributed by atoms with E-state index < -0.39 is 0 Å². The zero-order valence-electron chi connectivity index (χ0n) is 20.5. The van der Waals surface area contributed by atoms with Crippen molar-refractivity contribution in [3.8, 4) is 0 Å². The quantitative estimate of drug-likeness (QED) is 0.371. The number of hydrogen-bond acceptors (Lipinski definition) is 3. The zero-order valence-corrected chi connectivity index (χ0v) is 22.1. The molecule has 1 fully saturated rings. The lowest BCUT2D eigenvalue weighted by molar-refractivity contribution is -0.128. The van der Waals surface area contributed by atoms with Crippen LogP contribution in [-0.4, -0.2) is 22.5 Å². The molecular weight excluding hydrogens is 488 g/mol. The van der Waals surface area contributed by atoms with Crippen LogP contribution in [0.25, 0.3) is 0 Å². The summed E-state index contributed by atoms with van der Waals surface area (Å²) in [6, 6.07) is 22.0. The number of carbonyl (C=O) groups excluding carboxylic acids is 2. The SMILES string of the molecule is CC[C@H](NC(=O)c1ccc([C@H]2SCC(=O)N2Cc2ccc(Cl)cc2)cc1)c1ccc2c(c1)CCCC2. The molecule has 2 atom stereocenters. The minimum Gasteiger partial charge on any atom is -0.345 e. The Morgan fingerprint density at radius 1 is 1.03 bits per heavy atom. The topological polar surface area (TPSA) is 49.4 Å². The van der Waals surface area contributed by atoms with Gasteiger partial charge in [0.25, 0.3) is 5.91 Å². The van der Waals surface area contributed by atoms with Gasteiger partial charge in [-0.2, -0.15) is 0 Å². The normalized spacial score (nSPS) is 18.1. The molecule has 186 valence electrons. The number of benzene rings is 3. The first-order chi connectivity index (χ1) is 17.5. The number of nitrogens with zero attached hydrogens (tertiary/aromatic N) is 1. The molecule has 0 radical (unpaired) electrons. The van der Waals surface area contributed by atoms with E-state index in [1.165, 1.54) is 29.5 Å². The molecule has 5 rings (SSSR count). The molecule has 0 unspecified atom stereocenters. The summed E-state index contributed by atoms with van der Waals surface area (Å²) in [5, 5.41) is 3.85. The third-order valence-electron chi connectivity index (χ3n) is 7.18. The maximum absolute atomic E-state index is 13.1. The Kier molecular flexibility index (Phi) is 7.68. The molecule has 6 heteroatoms. The molecule has 1 aliphatic heterocycles. The van der Waals surface area contributed by atoms with Gasteiger partial charge in [0.2, 0.25) is 5.91 Å². The lowest BCUT2D eigenvalue weighted by atomic mass is 9.88. The van der Waals surface area contributed by atoms with Crippen LogP contribution >= 0.6 is 23.4 Å². The fourth-order valence-corrected chi connectivity index (χ4v) is 6.43.